The molecule has 0 aliphatic rings. The number of halogens is 3. The lowest BCUT2D eigenvalue weighted by Crippen LogP contribution is -2.26. The van der Waals surface area contributed by atoms with Gasteiger partial charge in [0.2, 0.25) is 0 Å². The van der Waals surface area contributed by atoms with Crippen LogP contribution < -0.4 is 10.2 Å². The minimum Gasteiger partial charge on any atom is -0.371 e. The van der Waals surface area contributed by atoms with Crippen molar-refractivity contribution in [2.75, 3.05) is 25.0 Å². The van der Waals surface area contributed by atoms with Gasteiger partial charge in [-0.25, -0.2) is 0 Å². The van der Waals surface area contributed by atoms with E-state index in [2.05, 4.69) is 5.32 Å². The van der Waals surface area contributed by atoms with Crippen LogP contribution in [-0.2, 0) is 12.7 Å². The first kappa shape index (κ1) is 15.8. The maximum absolute atomic E-state index is 13.2. The minimum absolute atomic E-state index is 0.275. The summed E-state index contributed by atoms with van der Waals surface area (Å²) < 4.78 is 39.5. The molecule has 0 aliphatic heterocycles. The molecule has 1 aromatic carbocycles. The fourth-order valence-corrected chi connectivity index (χ4v) is 2.12. The molecule has 1 rings (SSSR count). The van der Waals surface area contributed by atoms with Crippen molar-refractivity contribution >= 4 is 5.69 Å². The number of anilines is 1. The van der Waals surface area contributed by atoms with Crippen LogP contribution in [0, 0.1) is 0 Å². The molecule has 1 aromatic rings. The highest BCUT2D eigenvalue weighted by Crippen LogP contribution is 2.37. The van der Waals surface area contributed by atoms with Crippen LogP contribution >= 0.6 is 0 Å². The van der Waals surface area contributed by atoms with Gasteiger partial charge < -0.3 is 10.2 Å². The number of hydrogen-bond donors (Lipinski definition) is 1. The molecule has 0 atom stereocenters. The molecule has 0 amide bonds. The quantitative estimate of drug-likeness (QED) is 0.851. The molecular formula is C14H21F3N2. The monoisotopic (exact) mass is 274 g/mol. The van der Waals surface area contributed by atoms with Gasteiger partial charge >= 0.3 is 6.18 Å². The molecule has 0 aromatic heterocycles. The molecule has 5 heteroatoms. The van der Waals surface area contributed by atoms with Gasteiger partial charge in [-0.15, -0.1) is 0 Å². The highest BCUT2D eigenvalue weighted by Gasteiger charge is 2.34. The standard InChI is InChI=1S/C14H21F3N2/c1-4-8-19(5-2)13-7-6-11(10-18-3)9-12(13)14(15,16)17/h6-7,9,18H,4-5,8,10H2,1-3H3. The molecule has 0 radical (unpaired) electrons. The average molecular weight is 274 g/mol. The highest BCUT2D eigenvalue weighted by molar-refractivity contribution is 5.56. The van der Waals surface area contributed by atoms with E-state index < -0.39 is 11.7 Å². The second-order valence-corrected chi connectivity index (χ2v) is 4.46. The summed E-state index contributed by atoms with van der Waals surface area (Å²) in [6, 6.07) is 4.57. The number of alkyl halides is 3. The summed E-state index contributed by atoms with van der Waals surface area (Å²) in [5.74, 6) is 0. The first-order valence-electron chi connectivity index (χ1n) is 6.53. The topological polar surface area (TPSA) is 15.3 Å². The smallest absolute Gasteiger partial charge is 0.371 e. The summed E-state index contributed by atoms with van der Waals surface area (Å²) in [6.07, 6.45) is -3.50. The van der Waals surface area contributed by atoms with Crippen LogP contribution in [0.1, 0.15) is 31.4 Å². The Balaban J connectivity index is 3.22. The van der Waals surface area contributed by atoms with Crippen LogP contribution in [0.15, 0.2) is 18.2 Å². The van der Waals surface area contributed by atoms with Gasteiger partial charge in [0, 0.05) is 25.3 Å². The van der Waals surface area contributed by atoms with Gasteiger partial charge in [-0.05, 0) is 38.1 Å². The number of hydrogen-bond acceptors (Lipinski definition) is 2. The second-order valence-electron chi connectivity index (χ2n) is 4.46. The van der Waals surface area contributed by atoms with E-state index in [1.54, 1.807) is 24.1 Å². The van der Waals surface area contributed by atoms with Crippen molar-refractivity contribution in [2.45, 2.75) is 33.0 Å². The Labute approximate surface area is 112 Å². The Morgan fingerprint density at radius 3 is 2.37 bits per heavy atom. The molecule has 0 fully saturated rings. The molecule has 0 saturated heterocycles. The Morgan fingerprint density at radius 2 is 1.89 bits per heavy atom. The summed E-state index contributed by atoms with van der Waals surface area (Å²) in [7, 11) is 1.72. The van der Waals surface area contributed by atoms with Crippen LogP contribution in [0.4, 0.5) is 18.9 Å². The molecule has 2 nitrogen and oxygen atoms in total. The molecule has 19 heavy (non-hydrogen) atoms. The van der Waals surface area contributed by atoms with Crippen molar-refractivity contribution < 1.29 is 13.2 Å². The van der Waals surface area contributed by atoms with Gasteiger partial charge in [-0.2, -0.15) is 13.2 Å². The van der Waals surface area contributed by atoms with E-state index in [1.165, 1.54) is 6.07 Å². The van der Waals surface area contributed by atoms with Gasteiger partial charge in [-0.1, -0.05) is 13.0 Å². The van der Waals surface area contributed by atoms with Crippen molar-refractivity contribution in [2.24, 2.45) is 0 Å². The third-order valence-corrected chi connectivity index (χ3v) is 2.96. The van der Waals surface area contributed by atoms with Crippen LogP contribution in [0.3, 0.4) is 0 Å². The predicted molar refractivity (Wildman–Crippen MR) is 72.4 cm³/mol. The summed E-state index contributed by atoms with van der Waals surface area (Å²) in [5.41, 5.74) is 0.373. The van der Waals surface area contributed by atoms with Gasteiger partial charge in [0.25, 0.3) is 0 Å². The zero-order valence-corrected chi connectivity index (χ0v) is 11.6. The number of rotatable bonds is 6. The van der Waals surface area contributed by atoms with Gasteiger partial charge in [0.05, 0.1) is 5.56 Å². The van der Waals surface area contributed by atoms with E-state index in [9.17, 15) is 13.2 Å². The largest absolute Gasteiger partial charge is 0.418 e. The third-order valence-electron chi connectivity index (χ3n) is 2.96. The highest BCUT2D eigenvalue weighted by atomic mass is 19.4. The molecule has 0 aliphatic carbocycles. The predicted octanol–water partition coefficient (Wildman–Crippen LogP) is 3.66. The van der Waals surface area contributed by atoms with E-state index in [0.29, 0.717) is 25.2 Å². The number of nitrogens with zero attached hydrogens (tertiary/aromatic N) is 1. The third kappa shape index (κ3) is 4.13. The van der Waals surface area contributed by atoms with Crippen molar-refractivity contribution in [3.05, 3.63) is 29.3 Å². The van der Waals surface area contributed by atoms with Crippen LogP contribution in [0.25, 0.3) is 0 Å². The summed E-state index contributed by atoms with van der Waals surface area (Å²) >= 11 is 0. The van der Waals surface area contributed by atoms with E-state index in [4.69, 9.17) is 0 Å². The van der Waals surface area contributed by atoms with Crippen molar-refractivity contribution in [1.29, 1.82) is 0 Å². The van der Waals surface area contributed by atoms with Crippen LogP contribution in [0.2, 0.25) is 0 Å². The lowest BCUT2D eigenvalue weighted by Gasteiger charge is -2.26. The average Bonchev–Trinajstić information content (AvgIpc) is 2.35. The van der Waals surface area contributed by atoms with Crippen molar-refractivity contribution in [3.8, 4) is 0 Å². The SMILES string of the molecule is CCCN(CC)c1ccc(CNC)cc1C(F)(F)F. The maximum atomic E-state index is 13.2. The fourth-order valence-electron chi connectivity index (χ4n) is 2.12. The Kier molecular flexibility index (Phi) is 5.66. The fraction of sp³-hybridized carbons (Fsp3) is 0.571. The molecule has 0 unspecified atom stereocenters. The van der Waals surface area contributed by atoms with Gasteiger partial charge in [0.1, 0.15) is 0 Å². The summed E-state index contributed by atoms with van der Waals surface area (Å²) in [5, 5.41) is 2.87. The van der Waals surface area contributed by atoms with E-state index in [-0.39, 0.29) is 5.69 Å². The Hall–Kier alpha value is -1.23. The Morgan fingerprint density at radius 1 is 1.21 bits per heavy atom. The second kappa shape index (κ2) is 6.80. The first-order valence-corrected chi connectivity index (χ1v) is 6.53. The van der Waals surface area contributed by atoms with E-state index >= 15 is 0 Å². The maximum Gasteiger partial charge on any atom is 0.418 e. The molecule has 0 heterocycles. The number of nitrogens with one attached hydrogen (secondary N) is 1. The zero-order valence-electron chi connectivity index (χ0n) is 11.6. The van der Waals surface area contributed by atoms with Gasteiger partial charge in [0.15, 0.2) is 0 Å². The van der Waals surface area contributed by atoms with Crippen molar-refractivity contribution in [3.63, 3.8) is 0 Å². The normalized spacial score (nSPS) is 11.7. The molecule has 0 spiro atoms. The molecular weight excluding hydrogens is 253 g/mol. The Bertz CT molecular complexity index is 402. The van der Waals surface area contributed by atoms with E-state index in [0.717, 1.165) is 6.42 Å². The zero-order chi connectivity index (χ0) is 14.5. The first-order chi connectivity index (χ1) is 8.93. The lowest BCUT2D eigenvalue weighted by atomic mass is 10.1. The summed E-state index contributed by atoms with van der Waals surface area (Å²) in [4.78, 5) is 1.77. The minimum atomic E-state index is -4.32. The van der Waals surface area contributed by atoms with Crippen LogP contribution in [-0.4, -0.2) is 20.1 Å². The molecule has 108 valence electrons. The van der Waals surface area contributed by atoms with Gasteiger partial charge in [-0.3, -0.25) is 0 Å². The molecule has 1 N–H and O–H groups in total. The summed E-state index contributed by atoms with van der Waals surface area (Å²) in [6.45, 7) is 5.47. The van der Waals surface area contributed by atoms with Crippen LogP contribution in [0.5, 0.6) is 0 Å². The molecule has 0 bridgehead atoms. The van der Waals surface area contributed by atoms with Crippen molar-refractivity contribution in [1.82, 2.24) is 5.32 Å². The number of benzene rings is 1. The van der Waals surface area contributed by atoms with E-state index in [1.807, 2.05) is 13.8 Å². The molecule has 0 saturated carbocycles. The lowest BCUT2D eigenvalue weighted by molar-refractivity contribution is -0.137.